The van der Waals surface area contributed by atoms with E-state index in [0.717, 1.165) is 13.0 Å². The molecule has 0 bridgehead atoms. The van der Waals surface area contributed by atoms with Crippen molar-refractivity contribution in [3.8, 4) is 0 Å². The molecule has 0 aliphatic rings. The SMILES string of the molecule is CCC(Cn1cncn1)OC. The van der Waals surface area contributed by atoms with Gasteiger partial charge in [-0.25, -0.2) is 4.98 Å². The fraction of sp³-hybridized carbons (Fsp3) is 0.714. The van der Waals surface area contributed by atoms with Crippen LogP contribution in [0.2, 0.25) is 0 Å². The molecule has 62 valence electrons. The average molecular weight is 155 g/mol. The lowest BCUT2D eigenvalue weighted by atomic mass is 10.3. The summed E-state index contributed by atoms with van der Waals surface area (Å²) in [4.78, 5) is 3.84. The summed E-state index contributed by atoms with van der Waals surface area (Å²) in [6, 6.07) is 0. The van der Waals surface area contributed by atoms with E-state index in [9.17, 15) is 0 Å². The molecule has 0 amide bonds. The van der Waals surface area contributed by atoms with Gasteiger partial charge in [-0.05, 0) is 6.42 Å². The molecular formula is C7H13N3O. The molecule has 0 N–H and O–H groups in total. The molecule has 1 aromatic heterocycles. The van der Waals surface area contributed by atoms with Crippen LogP contribution in [0, 0.1) is 0 Å². The third-order valence-corrected chi connectivity index (χ3v) is 1.65. The van der Waals surface area contributed by atoms with E-state index in [1.165, 1.54) is 6.33 Å². The Morgan fingerprint density at radius 1 is 1.64 bits per heavy atom. The maximum absolute atomic E-state index is 5.18. The van der Waals surface area contributed by atoms with Crippen molar-refractivity contribution >= 4 is 0 Å². The van der Waals surface area contributed by atoms with Gasteiger partial charge in [0, 0.05) is 7.11 Å². The molecule has 0 spiro atoms. The van der Waals surface area contributed by atoms with Crippen molar-refractivity contribution in [1.29, 1.82) is 0 Å². The predicted octanol–water partition coefficient (Wildman–Crippen LogP) is 0.703. The summed E-state index contributed by atoms with van der Waals surface area (Å²) in [5.74, 6) is 0. The van der Waals surface area contributed by atoms with Crippen LogP contribution in [0.3, 0.4) is 0 Å². The Bertz CT molecular complexity index is 182. The van der Waals surface area contributed by atoms with Crippen LogP contribution in [0.25, 0.3) is 0 Å². The molecule has 1 unspecified atom stereocenters. The highest BCUT2D eigenvalue weighted by Gasteiger charge is 2.04. The maximum atomic E-state index is 5.18. The number of hydrogen-bond donors (Lipinski definition) is 0. The van der Waals surface area contributed by atoms with Crippen molar-refractivity contribution in [3.63, 3.8) is 0 Å². The summed E-state index contributed by atoms with van der Waals surface area (Å²) >= 11 is 0. The van der Waals surface area contributed by atoms with Crippen molar-refractivity contribution in [3.05, 3.63) is 12.7 Å². The Kier molecular flexibility index (Phi) is 3.04. The van der Waals surface area contributed by atoms with Crippen LogP contribution < -0.4 is 0 Å². The van der Waals surface area contributed by atoms with Gasteiger partial charge >= 0.3 is 0 Å². The van der Waals surface area contributed by atoms with Crippen LogP contribution in [0.15, 0.2) is 12.7 Å². The summed E-state index contributed by atoms with van der Waals surface area (Å²) in [5, 5.41) is 3.98. The molecule has 0 aromatic carbocycles. The van der Waals surface area contributed by atoms with Gasteiger partial charge < -0.3 is 4.74 Å². The lowest BCUT2D eigenvalue weighted by Gasteiger charge is -2.11. The summed E-state index contributed by atoms with van der Waals surface area (Å²) < 4.78 is 6.96. The highest BCUT2D eigenvalue weighted by Crippen LogP contribution is 1.98. The second-order valence-electron chi connectivity index (χ2n) is 2.38. The second-order valence-corrected chi connectivity index (χ2v) is 2.38. The zero-order valence-corrected chi connectivity index (χ0v) is 6.90. The number of ether oxygens (including phenoxy) is 1. The lowest BCUT2D eigenvalue weighted by molar-refractivity contribution is 0.0814. The summed E-state index contributed by atoms with van der Waals surface area (Å²) in [6.45, 7) is 2.87. The summed E-state index contributed by atoms with van der Waals surface area (Å²) in [6.07, 6.45) is 4.47. The van der Waals surface area contributed by atoms with Gasteiger partial charge in [-0.3, -0.25) is 4.68 Å². The van der Waals surface area contributed by atoms with E-state index >= 15 is 0 Å². The zero-order valence-electron chi connectivity index (χ0n) is 6.90. The Balaban J connectivity index is 2.41. The lowest BCUT2D eigenvalue weighted by Crippen LogP contribution is -2.17. The minimum absolute atomic E-state index is 0.247. The van der Waals surface area contributed by atoms with Gasteiger partial charge in [-0.15, -0.1) is 0 Å². The average Bonchev–Trinajstić information content (AvgIpc) is 2.52. The van der Waals surface area contributed by atoms with Gasteiger partial charge in [0.1, 0.15) is 12.7 Å². The first-order valence-electron chi connectivity index (χ1n) is 3.72. The molecule has 0 aliphatic heterocycles. The van der Waals surface area contributed by atoms with Gasteiger partial charge in [0.15, 0.2) is 0 Å². The van der Waals surface area contributed by atoms with Crippen molar-refractivity contribution in [2.24, 2.45) is 0 Å². The quantitative estimate of drug-likeness (QED) is 0.642. The molecule has 1 aromatic rings. The molecule has 0 fully saturated rings. The minimum Gasteiger partial charge on any atom is -0.380 e. The summed E-state index contributed by atoms with van der Waals surface area (Å²) in [5.41, 5.74) is 0. The van der Waals surface area contributed by atoms with Crippen LogP contribution in [0.4, 0.5) is 0 Å². The molecule has 0 radical (unpaired) electrons. The first kappa shape index (κ1) is 8.20. The molecular weight excluding hydrogens is 142 g/mol. The normalized spacial score (nSPS) is 13.3. The largest absolute Gasteiger partial charge is 0.380 e. The van der Waals surface area contributed by atoms with Gasteiger partial charge in [0.2, 0.25) is 0 Å². The third-order valence-electron chi connectivity index (χ3n) is 1.65. The molecule has 4 heteroatoms. The third kappa shape index (κ3) is 2.31. The van der Waals surface area contributed by atoms with Gasteiger partial charge in [0.05, 0.1) is 12.6 Å². The van der Waals surface area contributed by atoms with E-state index in [2.05, 4.69) is 17.0 Å². The van der Waals surface area contributed by atoms with E-state index in [0.29, 0.717) is 0 Å². The van der Waals surface area contributed by atoms with E-state index in [-0.39, 0.29) is 6.10 Å². The number of nitrogens with zero attached hydrogens (tertiary/aromatic N) is 3. The summed E-state index contributed by atoms with van der Waals surface area (Å²) in [7, 11) is 1.71. The van der Waals surface area contributed by atoms with Crippen LogP contribution in [-0.2, 0) is 11.3 Å². The van der Waals surface area contributed by atoms with Crippen LogP contribution >= 0.6 is 0 Å². The van der Waals surface area contributed by atoms with Gasteiger partial charge in [0.25, 0.3) is 0 Å². The van der Waals surface area contributed by atoms with Crippen molar-refractivity contribution in [1.82, 2.24) is 14.8 Å². The Labute approximate surface area is 66.2 Å². The van der Waals surface area contributed by atoms with Crippen molar-refractivity contribution in [2.45, 2.75) is 26.0 Å². The Hall–Kier alpha value is -0.900. The number of methoxy groups -OCH3 is 1. The molecule has 0 aliphatic carbocycles. The Morgan fingerprint density at radius 2 is 2.45 bits per heavy atom. The van der Waals surface area contributed by atoms with Gasteiger partial charge in [-0.2, -0.15) is 5.10 Å². The molecule has 1 atom stereocenters. The van der Waals surface area contributed by atoms with E-state index in [4.69, 9.17) is 4.74 Å². The first-order valence-corrected chi connectivity index (χ1v) is 3.72. The second kappa shape index (κ2) is 4.08. The number of rotatable bonds is 4. The number of aromatic nitrogens is 3. The zero-order chi connectivity index (χ0) is 8.10. The Morgan fingerprint density at radius 3 is 2.91 bits per heavy atom. The first-order chi connectivity index (χ1) is 5.36. The van der Waals surface area contributed by atoms with Crippen LogP contribution in [-0.4, -0.2) is 28.0 Å². The molecule has 0 saturated heterocycles. The van der Waals surface area contributed by atoms with Crippen molar-refractivity contribution in [2.75, 3.05) is 7.11 Å². The van der Waals surface area contributed by atoms with Crippen LogP contribution in [0.1, 0.15) is 13.3 Å². The fourth-order valence-electron chi connectivity index (χ4n) is 0.906. The van der Waals surface area contributed by atoms with E-state index in [1.807, 2.05) is 0 Å². The van der Waals surface area contributed by atoms with E-state index in [1.54, 1.807) is 18.1 Å². The molecule has 0 saturated carbocycles. The monoisotopic (exact) mass is 155 g/mol. The highest BCUT2D eigenvalue weighted by atomic mass is 16.5. The minimum atomic E-state index is 0.247. The topological polar surface area (TPSA) is 39.9 Å². The maximum Gasteiger partial charge on any atom is 0.137 e. The highest BCUT2D eigenvalue weighted by molar-refractivity contribution is 4.60. The number of hydrogen-bond acceptors (Lipinski definition) is 3. The van der Waals surface area contributed by atoms with Gasteiger partial charge in [-0.1, -0.05) is 6.92 Å². The molecule has 1 heterocycles. The van der Waals surface area contributed by atoms with Crippen LogP contribution in [0.5, 0.6) is 0 Å². The van der Waals surface area contributed by atoms with Crippen molar-refractivity contribution < 1.29 is 4.74 Å². The van der Waals surface area contributed by atoms with E-state index < -0.39 is 0 Å². The standard InChI is InChI=1S/C7H13N3O/c1-3-7(11-2)4-10-6-8-5-9-10/h5-7H,3-4H2,1-2H3. The molecule has 4 nitrogen and oxygen atoms in total. The molecule has 11 heavy (non-hydrogen) atoms. The predicted molar refractivity (Wildman–Crippen MR) is 41.1 cm³/mol. The fourth-order valence-corrected chi connectivity index (χ4v) is 0.906. The molecule has 1 rings (SSSR count). The smallest absolute Gasteiger partial charge is 0.137 e.